The van der Waals surface area contributed by atoms with E-state index in [2.05, 4.69) is 254 Å². The Kier molecular flexibility index (Phi) is 13.7. The molecule has 7 heteroatoms. The molecule has 0 radical (unpaired) electrons. The maximum Gasteiger partial charge on any atom is 0.175 e. The van der Waals surface area contributed by atoms with Gasteiger partial charge in [-0.15, -0.1) is 0 Å². The Morgan fingerprint density at radius 3 is 1.01 bits per heavy atom. The van der Waals surface area contributed by atoms with Crippen molar-refractivity contribution in [2.45, 2.75) is 0 Å². The molecule has 10 aromatic carbocycles. The molecule has 0 bridgehead atoms. The molecule has 3 nitrogen and oxygen atoms in total. The second kappa shape index (κ2) is 21.0. The van der Waals surface area contributed by atoms with Crippen LogP contribution in [-0.2, 0) is 4.57 Å². The first kappa shape index (κ1) is 46.2. The van der Waals surface area contributed by atoms with Gasteiger partial charge in [0.25, 0.3) is 0 Å². The minimum Gasteiger partial charge on any atom is -0.308 e. The maximum absolute atomic E-state index is 18.4. The summed E-state index contributed by atoms with van der Waals surface area (Å²) >= 11 is 0. The van der Waals surface area contributed by atoms with E-state index >= 15 is 4.57 Å². The molecule has 0 amide bonds. The Bertz CT molecular complexity index is 3280. The molecule has 0 aliphatic carbocycles. The van der Waals surface area contributed by atoms with Crippen LogP contribution in [-0.4, -0.2) is 10.9 Å². The van der Waals surface area contributed by atoms with Crippen LogP contribution in [0.3, 0.4) is 0 Å². The lowest BCUT2D eigenvalue weighted by Gasteiger charge is -2.39. The van der Waals surface area contributed by atoms with Crippen molar-refractivity contribution in [1.82, 2.24) is 0 Å². The van der Waals surface area contributed by atoms with E-state index in [1.807, 2.05) is 54.6 Å². The van der Waals surface area contributed by atoms with Crippen molar-refractivity contribution < 1.29 is 4.57 Å². The first-order valence-electron chi connectivity index (χ1n) is 23.8. The number of rotatable bonds is 13. The summed E-state index contributed by atoms with van der Waals surface area (Å²) in [7, 11) is -6.67. The van der Waals surface area contributed by atoms with Crippen molar-refractivity contribution in [2.24, 2.45) is 4.99 Å². The highest BCUT2D eigenvalue weighted by atomic mass is 31.2. The van der Waals surface area contributed by atoms with Crippen LogP contribution in [0.4, 0.5) is 11.4 Å². The highest BCUT2D eigenvalue weighted by Gasteiger charge is 2.55. The highest BCUT2D eigenvalue weighted by Crippen LogP contribution is 2.75. The molecule has 0 fully saturated rings. The number of nitrogens with zero attached hydrogens (tertiary/aromatic N) is 2. The second-order valence-corrected chi connectivity index (χ2v) is 28.0. The van der Waals surface area contributed by atoms with E-state index in [0.29, 0.717) is 5.84 Å². The van der Waals surface area contributed by atoms with Gasteiger partial charge in [-0.2, -0.15) is 0 Å². The van der Waals surface area contributed by atoms with Gasteiger partial charge in [-0.25, -0.2) is 4.99 Å². The van der Waals surface area contributed by atoms with Gasteiger partial charge >= 0.3 is 0 Å². The van der Waals surface area contributed by atoms with Gasteiger partial charge in [-0.1, -0.05) is 279 Å². The van der Waals surface area contributed by atoms with Crippen molar-refractivity contribution >= 4 is 94.6 Å². The van der Waals surface area contributed by atoms with Crippen molar-refractivity contribution in [3.63, 3.8) is 0 Å². The number of aliphatic imine (C=N–C) groups is 1. The summed E-state index contributed by atoms with van der Waals surface area (Å²) < 4.78 is 18.4. The van der Waals surface area contributed by atoms with Crippen LogP contribution in [0.25, 0.3) is 0 Å². The Balaban J connectivity index is 1.52. The van der Waals surface area contributed by atoms with Crippen molar-refractivity contribution in [3.05, 3.63) is 314 Å². The third-order valence-corrected chi connectivity index (χ3v) is 27.5. The second-order valence-electron chi connectivity index (χ2n) is 17.0. The van der Waals surface area contributed by atoms with Gasteiger partial charge in [0.2, 0.25) is 0 Å². The third kappa shape index (κ3) is 8.76. The summed E-state index contributed by atoms with van der Waals surface area (Å²) in [4.78, 5) is 8.42. The Morgan fingerprint density at radius 2 is 0.662 bits per heavy atom. The molecule has 0 aromatic heterocycles. The number of amidine groups is 1. The first-order valence-corrected chi connectivity index (χ1v) is 30.0. The number of hydrogen-bond acceptors (Lipinski definition) is 2. The summed E-state index contributed by atoms with van der Waals surface area (Å²) in [6.45, 7) is -3.42. The standard InChI is InChI=1S/C64H50N2OP4/c67-71(59-47-27-9-28-48-59,60-49-29-10-30-50-60)64-61(65-51-31-11-1-12-32-51)66(52-33-13-2-14-34-52)62(70(64,57-43-23-7-24-44-57)58-45-25-8-26-46-58)63(68(53-35-15-3-16-36-53)54-37-17-4-18-38-54)69(55-39-19-5-20-40-55)56-41-21-6-22-42-56/h1-50H. The minimum absolute atomic E-state index is 0.680. The van der Waals surface area contributed by atoms with Crippen LogP contribution in [0.1, 0.15) is 0 Å². The Hall–Kier alpha value is -7.20. The average molecular weight is 987 g/mol. The lowest BCUT2D eigenvalue weighted by molar-refractivity contribution is 0.594. The van der Waals surface area contributed by atoms with Crippen LogP contribution >= 0.6 is 29.9 Å². The first-order chi connectivity index (χ1) is 35.2. The largest absolute Gasteiger partial charge is 0.308 e. The van der Waals surface area contributed by atoms with E-state index in [-0.39, 0.29) is 0 Å². The fourth-order valence-corrected chi connectivity index (χ4v) is 27.2. The molecule has 342 valence electrons. The van der Waals surface area contributed by atoms with Crippen LogP contribution in [0.5, 0.6) is 0 Å². The van der Waals surface area contributed by atoms with Crippen LogP contribution in [0, 0.1) is 0 Å². The van der Waals surface area contributed by atoms with E-state index < -0.39 is 29.9 Å². The summed E-state index contributed by atoms with van der Waals surface area (Å²) in [6, 6.07) is 108. The fourth-order valence-electron chi connectivity index (χ4n) is 9.76. The average Bonchev–Trinajstić information content (AvgIpc) is 3.76. The third-order valence-electron chi connectivity index (χ3n) is 12.8. The van der Waals surface area contributed by atoms with E-state index in [4.69, 9.17) is 4.99 Å². The Morgan fingerprint density at radius 1 is 0.366 bits per heavy atom. The molecular formula is C64H50N2OP4. The molecule has 1 aliphatic rings. The van der Waals surface area contributed by atoms with Crippen LogP contribution < -0.4 is 47.3 Å². The zero-order chi connectivity index (χ0) is 47.9. The number of benzene rings is 10. The van der Waals surface area contributed by atoms with E-state index in [1.54, 1.807) is 0 Å². The summed E-state index contributed by atoms with van der Waals surface area (Å²) in [5.41, 5.74) is 2.86. The topological polar surface area (TPSA) is 32.7 Å². The number of anilines is 1. The molecule has 0 N–H and O–H groups in total. The van der Waals surface area contributed by atoms with E-state index in [0.717, 1.165) is 43.1 Å². The van der Waals surface area contributed by atoms with Crippen molar-refractivity contribution in [1.29, 1.82) is 0 Å². The maximum atomic E-state index is 18.4. The summed E-state index contributed by atoms with van der Waals surface area (Å²) in [5, 5.41) is 10.8. The molecule has 0 spiro atoms. The van der Waals surface area contributed by atoms with E-state index in [1.165, 1.54) is 26.3 Å². The zero-order valence-corrected chi connectivity index (χ0v) is 42.5. The predicted octanol–water partition coefficient (Wildman–Crippen LogP) is 13.4. The highest BCUT2D eigenvalue weighted by molar-refractivity contribution is 8.14. The molecule has 1 heterocycles. The SMILES string of the molecule is O=P(C1=P(c2ccccc2)(c2ccccc2)C(=C(P(c2ccccc2)c2ccccc2)P(c2ccccc2)c2ccccc2)N(c2ccccc2)C1=Nc1ccccc1)(c1ccccc1)c1ccccc1. The predicted molar refractivity (Wildman–Crippen MR) is 311 cm³/mol. The van der Waals surface area contributed by atoms with E-state index in [9.17, 15) is 0 Å². The fraction of sp³-hybridized carbons (Fsp3) is 0. The van der Waals surface area contributed by atoms with Crippen molar-refractivity contribution in [3.8, 4) is 0 Å². The van der Waals surface area contributed by atoms with Gasteiger partial charge < -0.3 is 4.57 Å². The smallest absolute Gasteiger partial charge is 0.175 e. The molecule has 11 rings (SSSR count). The molecule has 0 saturated heterocycles. The lowest BCUT2D eigenvalue weighted by Crippen LogP contribution is -2.34. The number of para-hydroxylation sites is 2. The molecule has 71 heavy (non-hydrogen) atoms. The van der Waals surface area contributed by atoms with Crippen LogP contribution in [0.2, 0.25) is 0 Å². The van der Waals surface area contributed by atoms with Crippen LogP contribution in [0.15, 0.2) is 319 Å². The van der Waals surface area contributed by atoms with Gasteiger partial charge in [0, 0.05) is 28.2 Å². The number of hydrogen-bond donors (Lipinski definition) is 0. The molecule has 0 unspecified atom stereocenters. The van der Waals surface area contributed by atoms with Gasteiger partial charge in [0.05, 0.1) is 16.2 Å². The molecule has 0 saturated carbocycles. The normalized spacial score (nSPS) is 14.0. The summed E-state index contributed by atoms with van der Waals surface area (Å²) in [6.07, 6.45) is 0. The quantitative estimate of drug-likeness (QED) is 0.108. The minimum atomic E-state index is -3.93. The molecule has 10 aromatic rings. The Labute approximate surface area is 420 Å². The molecule has 1 aliphatic heterocycles. The zero-order valence-electron chi connectivity index (χ0n) is 39.0. The molecule has 0 atom stereocenters. The van der Waals surface area contributed by atoms with Gasteiger partial charge in [0.1, 0.15) is 0 Å². The summed E-state index contributed by atoms with van der Waals surface area (Å²) in [5.74, 6) is 0.680. The lowest BCUT2D eigenvalue weighted by atomic mass is 10.3. The van der Waals surface area contributed by atoms with Gasteiger partial charge in [-0.05, 0) is 71.9 Å². The van der Waals surface area contributed by atoms with Gasteiger partial charge in [0.15, 0.2) is 13.0 Å². The van der Waals surface area contributed by atoms with Crippen molar-refractivity contribution in [2.75, 3.05) is 4.90 Å². The van der Waals surface area contributed by atoms with Gasteiger partial charge in [-0.3, -0.25) is 4.90 Å². The monoisotopic (exact) mass is 986 g/mol. The molecular weight excluding hydrogens is 937 g/mol.